The van der Waals surface area contributed by atoms with E-state index in [2.05, 4.69) is 58.2 Å². The van der Waals surface area contributed by atoms with Gasteiger partial charge < -0.3 is 5.32 Å². The number of nitrogens with one attached hydrogen (secondary N) is 1. The molecule has 0 saturated carbocycles. The van der Waals surface area contributed by atoms with E-state index in [1.807, 2.05) is 0 Å². The van der Waals surface area contributed by atoms with Gasteiger partial charge in [0.1, 0.15) is 0 Å². The molecule has 1 aliphatic heterocycles. The molecule has 0 fully saturated rings. The Balaban J connectivity index is 2.36. The first-order valence-corrected chi connectivity index (χ1v) is 6.83. The fraction of sp³-hybridized carbons (Fsp3) is 0.538. The quantitative estimate of drug-likeness (QED) is 0.911. The maximum atomic E-state index is 3.62. The maximum absolute atomic E-state index is 3.62. The Morgan fingerprint density at radius 2 is 2.12 bits per heavy atom. The van der Waals surface area contributed by atoms with Gasteiger partial charge in [0.05, 0.1) is 5.69 Å². The number of rotatable bonds is 3. The van der Waals surface area contributed by atoms with Crippen LogP contribution < -0.4 is 5.32 Å². The lowest BCUT2D eigenvalue weighted by Gasteiger charge is -2.35. The first-order valence-electron chi connectivity index (χ1n) is 6.04. The van der Waals surface area contributed by atoms with Gasteiger partial charge in [0.25, 0.3) is 0 Å². The van der Waals surface area contributed by atoms with E-state index in [4.69, 9.17) is 0 Å². The summed E-state index contributed by atoms with van der Waals surface area (Å²) in [6.07, 6.45) is 1.20. The molecular formula is C13H19BrN2. The Morgan fingerprint density at radius 1 is 1.38 bits per heavy atom. The molecule has 1 heterocycles. The van der Waals surface area contributed by atoms with Gasteiger partial charge in [-0.05, 0) is 47.1 Å². The van der Waals surface area contributed by atoms with Gasteiger partial charge in [0.2, 0.25) is 0 Å². The number of hydrogen-bond acceptors (Lipinski definition) is 2. The summed E-state index contributed by atoms with van der Waals surface area (Å²) in [7, 11) is 0. The Morgan fingerprint density at radius 3 is 2.81 bits per heavy atom. The van der Waals surface area contributed by atoms with Crippen molar-refractivity contribution in [1.82, 2.24) is 4.90 Å². The molecule has 1 aromatic carbocycles. The number of anilines is 1. The maximum Gasteiger partial charge on any atom is 0.0533 e. The van der Waals surface area contributed by atoms with E-state index < -0.39 is 0 Å². The number of hydrogen-bond donors (Lipinski definition) is 1. The van der Waals surface area contributed by atoms with E-state index in [0.717, 1.165) is 19.6 Å². The Kier molecular flexibility index (Phi) is 3.87. The van der Waals surface area contributed by atoms with Gasteiger partial charge in [-0.15, -0.1) is 0 Å². The molecule has 1 atom stereocenters. The average Bonchev–Trinajstić information content (AvgIpc) is 2.32. The highest BCUT2D eigenvalue weighted by Crippen LogP contribution is 2.38. The summed E-state index contributed by atoms with van der Waals surface area (Å²) in [5, 5.41) is 3.49. The third-order valence-corrected chi connectivity index (χ3v) is 4.04. The summed E-state index contributed by atoms with van der Waals surface area (Å²) in [5.41, 5.74) is 2.72. The predicted molar refractivity (Wildman–Crippen MR) is 72.9 cm³/mol. The Labute approximate surface area is 106 Å². The topological polar surface area (TPSA) is 15.3 Å². The highest BCUT2D eigenvalue weighted by Gasteiger charge is 2.24. The van der Waals surface area contributed by atoms with Crippen molar-refractivity contribution < 1.29 is 0 Å². The standard InChI is InChI=1S/C13H19BrN2/c1-3-16(4-2)12-8-9-15-13-10(12)6-5-7-11(13)14/h5-7,12,15H,3-4,8-9H2,1-2H3. The van der Waals surface area contributed by atoms with Crippen LogP contribution in [-0.2, 0) is 0 Å². The monoisotopic (exact) mass is 282 g/mol. The first kappa shape index (κ1) is 11.9. The highest BCUT2D eigenvalue weighted by atomic mass is 79.9. The molecular weight excluding hydrogens is 264 g/mol. The molecule has 2 rings (SSSR count). The molecule has 88 valence electrons. The second kappa shape index (κ2) is 5.19. The van der Waals surface area contributed by atoms with Crippen LogP contribution in [0.1, 0.15) is 31.9 Å². The van der Waals surface area contributed by atoms with E-state index in [9.17, 15) is 0 Å². The van der Waals surface area contributed by atoms with E-state index in [-0.39, 0.29) is 0 Å². The molecule has 0 radical (unpaired) electrons. The number of fused-ring (bicyclic) bond motifs is 1. The van der Waals surface area contributed by atoms with Crippen LogP contribution in [0.2, 0.25) is 0 Å². The normalized spacial score (nSPS) is 19.4. The lowest BCUT2D eigenvalue weighted by atomic mass is 9.96. The van der Waals surface area contributed by atoms with Crippen molar-refractivity contribution >= 4 is 21.6 Å². The van der Waals surface area contributed by atoms with Crippen molar-refractivity contribution in [2.24, 2.45) is 0 Å². The van der Waals surface area contributed by atoms with Crippen molar-refractivity contribution in [2.45, 2.75) is 26.3 Å². The van der Waals surface area contributed by atoms with Crippen molar-refractivity contribution in [3.63, 3.8) is 0 Å². The van der Waals surface area contributed by atoms with E-state index >= 15 is 0 Å². The zero-order valence-electron chi connectivity index (χ0n) is 9.96. The van der Waals surface area contributed by atoms with Gasteiger partial charge >= 0.3 is 0 Å². The number of halogens is 1. The molecule has 1 N–H and O–H groups in total. The van der Waals surface area contributed by atoms with Crippen LogP contribution in [0.5, 0.6) is 0 Å². The van der Waals surface area contributed by atoms with Crippen LogP contribution in [0.4, 0.5) is 5.69 Å². The number of nitrogens with zero attached hydrogens (tertiary/aromatic N) is 1. The van der Waals surface area contributed by atoms with Gasteiger partial charge in [0, 0.05) is 17.1 Å². The van der Waals surface area contributed by atoms with Gasteiger partial charge in [-0.1, -0.05) is 26.0 Å². The summed E-state index contributed by atoms with van der Waals surface area (Å²) in [6, 6.07) is 7.06. The lowest BCUT2D eigenvalue weighted by Crippen LogP contribution is -2.33. The smallest absolute Gasteiger partial charge is 0.0533 e. The molecule has 1 aliphatic rings. The summed E-state index contributed by atoms with van der Waals surface area (Å²) >= 11 is 3.62. The van der Waals surface area contributed by atoms with Gasteiger partial charge in [-0.25, -0.2) is 0 Å². The second-order valence-electron chi connectivity index (χ2n) is 4.16. The Hall–Kier alpha value is -0.540. The van der Waals surface area contributed by atoms with Gasteiger partial charge in [0.15, 0.2) is 0 Å². The molecule has 0 bridgehead atoms. The fourth-order valence-corrected chi connectivity index (χ4v) is 3.06. The minimum atomic E-state index is 0.573. The van der Waals surface area contributed by atoms with Crippen molar-refractivity contribution in [3.8, 4) is 0 Å². The molecule has 0 aliphatic carbocycles. The Bertz CT molecular complexity index is 361. The molecule has 0 amide bonds. The van der Waals surface area contributed by atoms with Crippen molar-refractivity contribution in [2.75, 3.05) is 25.0 Å². The summed E-state index contributed by atoms with van der Waals surface area (Å²) in [6.45, 7) is 7.78. The zero-order valence-corrected chi connectivity index (χ0v) is 11.5. The predicted octanol–water partition coefficient (Wildman–Crippen LogP) is 3.65. The third kappa shape index (κ3) is 2.11. The van der Waals surface area contributed by atoms with Gasteiger partial charge in [-0.3, -0.25) is 4.90 Å². The molecule has 2 nitrogen and oxygen atoms in total. The molecule has 1 unspecified atom stereocenters. The van der Waals surface area contributed by atoms with Crippen LogP contribution in [-0.4, -0.2) is 24.5 Å². The summed E-state index contributed by atoms with van der Waals surface area (Å²) < 4.78 is 1.18. The molecule has 0 saturated heterocycles. The van der Waals surface area contributed by atoms with Gasteiger partial charge in [-0.2, -0.15) is 0 Å². The largest absolute Gasteiger partial charge is 0.384 e. The number of para-hydroxylation sites is 1. The molecule has 0 aromatic heterocycles. The van der Waals surface area contributed by atoms with Crippen LogP contribution in [0.25, 0.3) is 0 Å². The molecule has 1 aromatic rings. The van der Waals surface area contributed by atoms with E-state index in [0.29, 0.717) is 6.04 Å². The molecule has 0 spiro atoms. The third-order valence-electron chi connectivity index (χ3n) is 3.38. The van der Waals surface area contributed by atoms with E-state index in [1.54, 1.807) is 0 Å². The summed E-state index contributed by atoms with van der Waals surface area (Å²) in [4.78, 5) is 2.53. The fourth-order valence-electron chi connectivity index (χ4n) is 2.54. The van der Waals surface area contributed by atoms with Crippen LogP contribution in [0.15, 0.2) is 22.7 Å². The summed E-state index contributed by atoms with van der Waals surface area (Å²) in [5.74, 6) is 0. The first-order chi connectivity index (χ1) is 7.77. The zero-order chi connectivity index (χ0) is 11.5. The molecule has 3 heteroatoms. The average molecular weight is 283 g/mol. The minimum absolute atomic E-state index is 0.573. The van der Waals surface area contributed by atoms with Crippen LogP contribution >= 0.6 is 15.9 Å². The molecule has 16 heavy (non-hydrogen) atoms. The second-order valence-corrected chi connectivity index (χ2v) is 5.01. The van der Waals surface area contributed by atoms with Crippen molar-refractivity contribution in [3.05, 3.63) is 28.2 Å². The van der Waals surface area contributed by atoms with Crippen molar-refractivity contribution in [1.29, 1.82) is 0 Å². The number of benzene rings is 1. The van der Waals surface area contributed by atoms with Crippen LogP contribution in [0, 0.1) is 0 Å². The van der Waals surface area contributed by atoms with Crippen LogP contribution in [0.3, 0.4) is 0 Å². The lowest BCUT2D eigenvalue weighted by molar-refractivity contribution is 0.208. The minimum Gasteiger partial charge on any atom is -0.384 e. The SMILES string of the molecule is CCN(CC)C1CCNc2c(Br)cccc21. The van der Waals surface area contributed by atoms with E-state index in [1.165, 1.54) is 22.1 Å². The highest BCUT2D eigenvalue weighted by molar-refractivity contribution is 9.10.